The smallest absolute Gasteiger partial charge is 0.270 e. The minimum absolute atomic E-state index is 0.0265. The Kier molecular flexibility index (Phi) is 22.7. The number of carbonyl (C=O) groups excluding carboxylic acids is 8. The predicted molar refractivity (Wildman–Crippen MR) is 357 cm³/mol. The zero-order valence-corrected chi connectivity index (χ0v) is 52.9. The Morgan fingerprint density at radius 1 is 0.505 bits per heavy atom. The lowest BCUT2D eigenvalue weighted by Gasteiger charge is -2.30. The van der Waals surface area contributed by atoms with Gasteiger partial charge in [-0.05, 0) is 200 Å². The van der Waals surface area contributed by atoms with E-state index in [1.165, 1.54) is 75.9 Å². The zero-order valence-electron chi connectivity index (χ0n) is 48.0. The number of carbonyl (C=O) groups is 8. The fourth-order valence-electron chi connectivity index (χ4n) is 8.28. The van der Waals surface area contributed by atoms with Crippen molar-refractivity contribution < 1.29 is 65.8 Å². The van der Waals surface area contributed by atoms with Crippen molar-refractivity contribution in [1.29, 1.82) is 0 Å². The molecule has 4 fully saturated rings. The van der Waals surface area contributed by atoms with Gasteiger partial charge in [0, 0.05) is 23.7 Å². The largest absolute Gasteiger partial charge is 0.497 e. The minimum Gasteiger partial charge on any atom is -0.497 e. The van der Waals surface area contributed by atoms with Gasteiger partial charge in [-0.1, -0.05) is 29.8 Å². The number of rotatable bonds is 13. The summed E-state index contributed by atoms with van der Waals surface area (Å²) in [6, 6.07) is 30.6. The SMILES string of the molecule is CCN1C(=O)/C(=C/C=C/c2ccco2)C(=O)NC1=S.COc1ccc(OC)c(N2C(=O)/C(=C/c3ccco3)C(=O)NC2=S)c1.COc1cccc(N2C(=O)/C(=C/c3ccsc3)C(=O)NC2=S)c1.O=C1NC(=S)N(c2ccc(Cl)cc2)C(=O)/C1=C/C=C/c1ccco1. The first-order valence-electron chi connectivity index (χ1n) is 26.5. The molecule has 0 bridgehead atoms. The number of benzene rings is 3. The molecular weight excluding hydrogens is 1290 g/mol. The van der Waals surface area contributed by atoms with E-state index in [1.807, 2.05) is 16.8 Å². The Morgan fingerprint density at radius 3 is 1.53 bits per heavy atom. The van der Waals surface area contributed by atoms with Crippen molar-refractivity contribution in [3.8, 4) is 17.2 Å². The number of likely N-dealkylation sites (N-methyl/N-ethyl adjacent to an activating group) is 1. The van der Waals surface area contributed by atoms with Crippen molar-refractivity contribution in [2.24, 2.45) is 0 Å². The van der Waals surface area contributed by atoms with Gasteiger partial charge in [-0.15, -0.1) is 0 Å². The molecule has 462 valence electrons. The zero-order chi connectivity index (χ0) is 65.3. The highest BCUT2D eigenvalue weighted by Gasteiger charge is 2.38. The number of allylic oxidation sites excluding steroid dienone is 4. The first-order valence-corrected chi connectivity index (χ1v) is 29.5. The van der Waals surface area contributed by atoms with Gasteiger partial charge in [0.15, 0.2) is 20.4 Å². The summed E-state index contributed by atoms with van der Waals surface area (Å²) in [7, 11) is 4.52. The average Bonchev–Trinajstić information content (AvgIpc) is 0.993. The number of furan rings is 3. The van der Waals surface area contributed by atoms with Gasteiger partial charge in [0.25, 0.3) is 47.3 Å². The minimum atomic E-state index is -0.593. The Hall–Kier alpha value is -10.6. The summed E-state index contributed by atoms with van der Waals surface area (Å²) in [6.07, 6.45) is 16.8. The van der Waals surface area contributed by atoms with Gasteiger partial charge in [-0.25, -0.2) is 4.90 Å². The highest BCUT2D eigenvalue weighted by atomic mass is 35.5. The van der Waals surface area contributed by atoms with Gasteiger partial charge in [-0.3, -0.25) is 74.3 Å². The molecule has 0 atom stereocenters. The molecule has 7 aromatic rings. The number of hydrogen-bond acceptors (Lipinski definition) is 19. The number of anilines is 3. The molecule has 0 radical (unpaired) electrons. The molecular formula is C63H49ClN8O14S5. The van der Waals surface area contributed by atoms with Gasteiger partial charge in [0.2, 0.25) is 0 Å². The second-order valence-electron chi connectivity index (χ2n) is 18.3. The van der Waals surface area contributed by atoms with Crippen LogP contribution in [-0.4, -0.2) is 100 Å². The molecule has 8 heterocycles. The van der Waals surface area contributed by atoms with E-state index < -0.39 is 41.4 Å². The Bertz CT molecular complexity index is 4180. The number of thiophene rings is 1. The molecule has 22 nitrogen and oxygen atoms in total. The van der Waals surface area contributed by atoms with E-state index in [9.17, 15) is 38.4 Å². The first kappa shape index (κ1) is 66.4. The highest BCUT2D eigenvalue weighted by Crippen LogP contribution is 2.35. The highest BCUT2D eigenvalue weighted by molar-refractivity contribution is 7.81. The number of halogens is 1. The molecule has 91 heavy (non-hydrogen) atoms. The molecule has 4 aliphatic rings. The average molecular weight is 1340 g/mol. The van der Waals surface area contributed by atoms with Crippen LogP contribution in [-0.2, 0) is 38.4 Å². The van der Waals surface area contributed by atoms with Crippen LogP contribution in [0.1, 0.15) is 29.8 Å². The Morgan fingerprint density at radius 2 is 1.00 bits per heavy atom. The van der Waals surface area contributed by atoms with Crippen molar-refractivity contribution in [2.45, 2.75) is 6.92 Å². The topological polar surface area (TPSA) is 265 Å². The summed E-state index contributed by atoms with van der Waals surface area (Å²) in [4.78, 5) is 103. The fourth-order valence-corrected chi connectivity index (χ4v) is 10.2. The molecule has 3 aromatic carbocycles. The number of nitrogens with zero attached hydrogens (tertiary/aromatic N) is 4. The van der Waals surface area contributed by atoms with E-state index in [2.05, 4.69) is 21.3 Å². The molecule has 0 spiro atoms. The third-order valence-corrected chi connectivity index (χ3v) is 14.8. The van der Waals surface area contributed by atoms with Crippen LogP contribution in [0.4, 0.5) is 17.1 Å². The lowest BCUT2D eigenvalue weighted by molar-refractivity contribution is -0.129. The number of methoxy groups -OCH3 is 3. The maximum Gasteiger partial charge on any atom is 0.270 e. The lowest BCUT2D eigenvalue weighted by Crippen LogP contribution is -2.54. The third-order valence-electron chi connectivity index (χ3n) is 12.6. The number of hydrogen-bond donors (Lipinski definition) is 4. The van der Waals surface area contributed by atoms with Crippen LogP contribution in [0.2, 0.25) is 5.02 Å². The summed E-state index contributed by atoms with van der Waals surface area (Å²) < 4.78 is 31.1. The number of nitrogens with one attached hydrogen (secondary N) is 4. The molecule has 0 aliphatic carbocycles. The summed E-state index contributed by atoms with van der Waals surface area (Å²) in [5, 5.41) is 14.5. The van der Waals surface area contributed by atoms with E-state index in [1.54, 1.807) is 154 Å². The molecule has 0 unspecified atom stereocenters. The van der Waals surface area contributed by atoms with Gasteiger partial charge in [0.05, 0.1) is 57.2 Å². The number of thiocarbonyl (C=S) groups is 4. The second-order valence-corrected chi connectivity index (χ2v) is 21.1. The normalized spacial score (nSPS) is 17.0. The van der Waals surface area contributed by atoms with Crippen LogP contribution < -0.4 is 50.2 Å². The van der Waals surface area contributed by atoms with Crippen molar-refractivity contribution in [3.05, 3.63) is 213 Å². The van der Waals surface area contributed by atoms with Gasteiger partial charge >= 0.3 is 0 Å². The van der Waals surface area contributed by atoms with E-state index in [0.29, 0.717) is 63.2 Å². The molecule has 4 N–H and O–H groups in total. The van der Waals surface area contributed by atoms with E-state index >= 15 is 0 Å². The van der Waals surface area contributed by atoms with Gasteiger partial charge in [-0.2, -0.15) is 11.3 Å². The summed E-state index contributed by atoms with van der Waals surface area (Å²) >= 11 is 27.7. The lowest BCUT2D eigenvalue weighted by atomic mass is 10.1. The molecule has 11 rings (SSSR count). The Balaban J connectivity index is 0.000000157. The first-order chi connectivity index (χ1) is 43.8. The van der Waals surface area contributed by atoms with Crippen molar-refractivity contribution in [1.82, 2.24) is 26.2 Å². The molecule has 8 amide bonds. The third kappa shape index (κ3) is 16.4. The van der Waals surface area contributed by atoms with Gasteiger partial charge in [0.1, 0.15) is 56.8 Å². The van der Waals surface area contributed by atoms with Crippen molar-refractivity contribution in [2.75, 3.05) is 42.6 Å². The second kappa shape index (κ2) is 31.1. The maximum atomic E-state index is 12.9. The van der Waals surface area contributed by atoms with Crippen LogP contribution in [0.15, 0.2) is 199 Å². The quantitative estimate of drug-likeness (QED) is 0.0475. The molecule has 28 heteroatoms. The maximum absolute atomic E-state index is 12.9. The predicted octanol–water partition coefficient (Wildman–Crippen LogP) is 9.52. The standard InChI is InChI=1S/C17H11ClN2O3S.C17H14N2O5S.C16H12N2O3S2.C13H12N2O3S/c18-11-6-8-12(9-7-11)20-16(22)14(15(21)19-17(20)24)5-1-3-13-4-2-10-23-13;1-22-10-5-6-14(23-2)13(9-10)19-16(21)12(15(20)18-17(19)25)8-11-4-3-7-24-11;1-21-12-4-2-3-11(8-12)18-15(20)13(14(19)17-16(18)22)7-10-5-6-23-9-10;1-2-15-12(17)10(11(16)14-13(15)19)7-3-5-9-6-4-8-18-9/h1-10H,(H,19,21,24);3-9H,1-2H3,(H,18,20,25);2-9H,1H3,(H,17,19,22);3-8H,2H2,1H3,(H,14,16,19)/b3-1+,14-5+;12-8+;13-7+;5-3+,10-7+. The van der Waals surface area contributed by atoms with Gasteiger partial charge < -0.3 is 27.5 Å². The fraction of sp³-hybridized carbons (Fsp3) is 0.0794. The number of amides is 8. The molecule has 4 aromatic heterocycles. The van der Waals surface area contributed by atoms with Crippen LogP contribution >= 0.6 is 71.8 Å². The summed E-state index contributed by atoms with van der Waals surface area (Å²) in [6.45, 7) is 2.20. The van der Waals surface area contributed by atoms with Crippen LogP contribution in [0.5, 0.6) is 17.2 Å². The van der Waals surface area contributed by atoms with Crippen LogP contribution in [0, 0.1) is 0 Å². The van der Waals surface area contributed by atoms with Crippen LogP contribution in [0.25, 0.3) is 24.3 Å². The van der Waals surface area contributed by atoms with E-state index in [0.717, 1.165) is 5.56 Å². The van der Waals surface area contributed by atoms with E-state index in [-0.39, 0.29) is 48.6 Å². The Labute approximate surface area is 549 Å². The summed E-state index contributed by atoms with van der Waals surface area (Å²) in [5.74, 6) is -0.903. The summed E-state index contributed by atoms with van der Waals surface area (Å²) in [5.41, 5.74) is 2.19. The van der Waals surface area contributed by atoms with Crippen molar-refractivity contribution in [3.63, 3.8) is 0 Å². The monoisotopic (exact) mass is 1340 g/mol. The molecule has 0 saturated carbocycles. The van der Waals surface area contributed by atoms with Crippen LogP contribution in [0.3, 0.4) is 0 Å². The molecule has 4 aliphatic heterocycles. The number of ether oxygens (including phenoxy) is 3. The van der Waals surface area contributed by atoms with Crippen molar-refractivity contribution >= 4 is 181 Å². The van der Waals surface area contributed by atoms with E-state index in [4.69, 9.17) is 87.9 Å². The molecule has 4 saturated heterocycles.